The Hall–Kier alpha value is -5.35. The van der Waals surface area contributed by atoms with Crippen LogP contribution in [0.3, 0.4) is 0 Å². The Labute approximate surface area is 331 Å². The van der Waals surface area contributed by atoms with Crippen LogP contribution in [0.25, 0.3) is 10.8 Å². The predicted octanol–water partition coefficient (Wildman–Crippen LogP) is 8.70. The lowest BCUT2D eigenvalue weighted by Crippen LogP contribution is -2.53. The third-order valence-corrected chi connectivity index (χ3v) is 12.7. The Morgan fingerprint density at radius 1 is 0.800 bits per heavy atom. The second-order valence-corrected chi connectivity index (χ2v) is 15.7. The fourth-order valence-electron chi connectivity index (χ4n) is 9.59. The van der Waals surface area contributed by atoms with Gasteiger partial charge < -0.3 is 9.84 Å². The molecule has 4 aliphatic rings. The fraction of sp³-hybridized carbons (Fsp3) is 0.209. The monoisotopic (exact) mass is 791 g/mol. The highest BCUT2D eigenvalue weighted by Crippen LogP contribution is 2.65. The molecule has 1 saturated carbocycles. The lowest BCUT2D eigenvalue weighted by molar-refractivity contribution is -0.138. The van der Waals surface area contributed by atoms with Crippen molar-refractivity contribution < 1.29 is 29.0 Å². The van der Waals surface area contributed by atoms with Crippen LogP contribution < -0.4 is 15.1 Å². The van der Waals surface area contributed by atoms with Gasteiger partial charge in [0.2, 0.25) is 11.8 Å². The maximum atomic E-state index is 15.6. The number of phenolic OH excluding ortho intramolecular Hbond substituents is 1. The summed E-state index contributed by atoms with van der Waals surface area (Å²) >= 11 is 18.9. The van der Waals surface area contributed by atoms with E-state index in [2.05, 4.69) is 5.43 Å². The van der Waals surface area contributed by atoms with E-state index in [4.69, 9.17) is 39.5 Å². The van der Waals surface area contributed by atoms with Crippen LogP contribution >= 0.6 is 34.8 Å². The average Bonchev–Trinajstić information content (AvgIpc) is 3.57. The molecule has 2 heterocycles. The zero-order chi connectivity index (χ0) is 38.3. The van der Waals surface area contributed by atoms with Crippen molar-refractivity contribution in [3.8, 4) is 11.5 Å². The smallest absolute Gasteiger partial charge is 0.260 e. The number of carbonyl (C=O) groups excluding carboxylic acids is 4. The van der Waals surface area contributed by atoms with Gasteiger partial charge in [-0.3, -0.25) is 29.5 Å². The van der Waals surface area contributed by atoms with Crippen molar-refractivity contribution in [3.63, 3.8) is 0 Å². The summed E-state index contributed by atoms with van der Waals surface area (Å²) in [6.07, 6.45) is 2.26. The Balaban J connectivity index is 1.29. The first-order valence-corrected chi connectivity index (χ1v) is 19.0. The van der Waals surface area contributed by atoms with Gasteiger partial charge in [-0.1, -0.05) is 88.9 Å². The van der Waals surface area contributed by atoms with Crippen LogP contribution in [0.2, 0.25) is 15.1 Å². The van der Waals surface area contributed by atoms with E-state index in [0.29, 0.717) is 43.6 Å². The first-order valence-electron chi connectivity index (χ1n) is 17.8. The molecule has 55 heavy (non-hydrogen) atoms. The number of nitrogens with zero attached hydrogens (tertiary/aromatic N) is 2. The second kappa shape index (κ2) is 13.2. The van der Waals surface area contributed by atoms with Crippen LogP contribution in [-0.4, -0.2) is 40.9 Å². The number of methoxy groups -OCH3 is 1. The van der Waals surface area contributed by atoms with Gasteiger partial charge in [-0.25, -0.2) is 0 Å². The predicted molar refractivity (Wildman–Crippen MR) is 210 cm³/mol. The van der Waals surface area contributed by atoms with Crippen LogP contribution in [0.1, 0.15) is 29.9 Å². The quantitative estimate of drug-likeness (QED) is 0.131. The molecule has 6 unspecified atom stereocenters. The molecule has 6 atom stereocenters. The summed E-state index contributed by atoms with van der Waals surface area (Å²) < 4.78 is 5.50. The SMILES string of the molecule is COc1ccc(C23C(=O)N(Nc4ccc(Cl)cc4Cl)C(=O)C2CC2C(=CCC4C(=O)N(c5ccc(Cl)cc5)C(=O)C42)C3c2c(O)ccc3ccccc23)cc1. The van der Waals surface area contributed by atoms with E-state index < -0.39 is 46.8 Å². The highest BCUT2D eigenvalue weighted by atomic mass is 35.5. The Morgan fingerprint density at radius 2 is 1.53 bits per heavy atom. The first-order chi connectivity index (χ1) is 26.5. The zero-order valence-electron chi connectivity index (χ0n) is 29.2. The van der Waals surface area contributed by atoms with Crippen LogP contribution in [0.4, 0.5) is 11.4 Å². The number of halogens is 3. The molecule has 2 aliphatic heterocycles. The number of imide groups is 2. The second-order valence-electron chi connectivity index (χ2n) is 14.4. The molecule has 5 aromatic carbocycles. The number of fused-ring (bicyclic) bond motifs is 5. The minimum Gasteiger partial charge on any atom is -0.508 e. The van der Waals surface area contributed by atoms with E-state index in [0.717, 1.165) is 10.4 Å². The number of phenols is 1. The molecule has 9 nitrogen and oxygen atoms in total. The number of hydrogen-bond donors (Lipinski definition) is 2. The van der Waals surface area contributed by atoms with Gasteiger partial charge in [-0.05, 0) is 95.8 Å². The van der Waals surface area contributed by atoms with Gasteiger partial charge in [0.15, 0.2) is 0 Å². The molecule has 5 aromatic rings. The summed E-state index contributed by atoms with van der Waals surface area (Å²) in [7, 11) is 1.54. The number of amides is 4. The van der Waals surface area contributed by atoms with Gasteiger partial charge in [0.25, 0.3) is 11.8 Å². The summed E-state index contributed by atoms with van der Waals surface area (Å²) in [4.78, 5) is 60.7. The molecule has 0 aromatic heterocycles. The topological polar surface area (TPSA) is 116 Å². The van der Waals surface area contributed by atoms with Gasteiger partial charge in [0.1, 0.15) is 11.5 Å². The van der Waals surface area contributed by atoms with Crippen molar-refractivity contribution in [2.75, 3.05) is 17.4 Å². The maximum absolute atomic E-state index is 15.6. The van der Waals surface area contributed by atoms with Crippen LogP contribution in [-0.2, 0) is 24.6 Å². The average molecular weight is 793 g/mol. The summed E-state index contributed by atoms with van der Waals surface area (Å²) in [5.41, 5.74) is 3.76. The highest BCUT2D eigenvalue weighted by molar-refractivity contribution is 6.36. The van der Waals surface area contributed by atoms with Gasteiger partial charge in [-0.2, -0.15) is 5.01 Å². The van der Waals surface area contributed by atoms with Crippen LogP contribution in [0.5, 0.6) is 11.5 Å². The molecule has 12 heteroatoms. The number of nitrogens with one attached hydrogen (secondary N) is 1. The molecule has 0 bridgehead atoms. The van der Waals surface area contributed by atoms with E-state index in [-0.39, 0.29) is 41.1 Å². The number of aromatic hydroxyl groups is 1. The lowest BCUT2D eigenvalue weighted by Gasteiger charge is -2.51. The van der Waals surface area contributed by atoms with Gasteiger partial charge in [-0.15, -0.1) is 0 Å². The molecular formula is C43H32Cl3N3O6. The van der Waals surface area contributed by atoms with Gasteiger partial charge in [0, 0.05) is 21.5 Å². The van der Waals surface area contributed by atoms with Gasteiger partial charge >= 0.3 is 0 Å². The highest BCUT2D eigenvalue weighted by Gasteiger charge is 2.71. The fourth-order valence-corrected chi connectivity index (χ4v) is 10.2. The molecule has 276 valence electrons. The van der Waals surface area contributed by atoms with E-state index in [1.807, 2.05) is 30.3 Å². The van der Waals surface area contributed by atoms with Crippen molar-refractivity contribution >= 4 is 80.6 Å². The molecular weight excluding hydrogens is 761 g/mol. The number of benzene rings is 5. The Kier molecular flexibility index (Phi) is 8.45. The van der Waals surface area contributed by atoms with Crippen molar-refractivity contribution in [2.24, 2.45) is 23.7 Å². The summed E-state index contributed by atoms with van der Waals surface area (Å²) in [5, 5.41) is 15.5. The largest absolute Gasteiger partial charge is 0.508 e. The third-order valence-electron chi connectivity index (χ3n) is 11.9. The summed E-state index contributed by atoms with van der Waals surface area (Å²) in [6, 6.07) is 29.2. The number of rotatable bonds is 6. The minimum absolute atomic E-state index is 0.0666. The Morgan fingerprint density at radius 3 is 2.25 bits per heavy atom. The summed E-state index contributed by atoms with van der Waals surface area (Å²) in [6.45, 7) is 0. The molecule has 2 aliphatic carbocycles. The van der Waals surface area contributed by atoms with Crippen LogP contribution in [0.15, 0.2) is 115 Å². The van der Waals surface area contributed by atoms with E-state index >= 15 is 9.59 Å². The zero-order valence-corrected chi connectivity index (χ0v) is 31.5. The number of hydrazine groups is 1. The van der Waals surface area contributed by atoms with E-state index in [1.54, 1.807) is 79.9 Å². The minimum atomic E-state index is -1.63. The standard InChI is InChI=1S/C43H32Cl3N3O6/c1-55-27-14-7-23(8-15-27)43-32(40(52)49(42(43)54)47-34-18-11-25(45)20-33(34)46)21-31-29(38(43)37-28-5-3-2-4-22(28)6-19-35(37)50)16-17-30-36(31)41(53)48(39(30)51)26-12-9-24(44)10-13-26/h2-16,18-20,30-32,36,38,47,50H,17,21H2,1H3. The van der Waals surface area contributed by atoms with Crippen molar-refractivity contribution in [2.45, 2.75) is 24.2 Å². The van der Waals surface area contributed by atoms with Crippen molar-refractivity contribution in [1.82, 2.24) is 5.01 Å². The molecule has 0 spiro atoms. The number of allylic oxidation sites excluding steroid dienone is 2. The number of hydrogen-bond acceptors (Lipinski definition) is 7. The normalized spacial score (nSPS) is 25.8. The number of anilines is 2. The molecule has 0 radical (unpaired) electrons. The molecule has 2 N–H and O–H groups in total. The number of ether oxygens (including phenoxy) is 1. The molecule has 3 fully saturated rings. The molecule has 2 saturated heterocycles. The molecule has 4 amide bonds. The van der Waals surface area contributed by atoms with E-state index in [9.17, 15) is 14.7 Å². The summed E-state index contributed by atoms with van der Waals surface area (Å²) in [5.74, 6) is -5.49. The lowest BCUT2D eigenvalue weighted by atomic mass is 9.48. The van der Waals surface area contributed by atoms with Gasteiger partial charge in [0.05, 0.1) is 46.7 Å². The first kappa shape index (κ1) is 35.4. The van der Waals surface area contributed by atoms with Crippen molar-refractivity contribution in [1.29, 1.82) is 0 Å². The molecule has 9 rings (SSSR count). The van der Waals surface area contributed by atoms with Crippen molar-refractivity contribution in [3.05, 3.63) is 141 Å². The Bertz CT molecular complexity index is 2490. The van der Waals surface area contributed by atoms with Crippen LogP contribution in [0, 0.1) is 23.7 Å². The third kappa shape index (κ3) is 5.20. The number of carbonyl (C=O) groups is 4. The van der Waals surface area contributed by atoms with E-state index in [1.165, 1.54) is 11.0 Å². The maximum Gasteiger partial charge on any atom is 0.260 e.